The van der Waals surface area contributed by atoms with Crippen molar-refractivity contribution >= 4 is 51.5 Å². The Bertz CT molecular complexity index is 866. The normalized spacial score (nSPS) is 15.9. The van der Waals surface area contributed by atoms with Crippen molar-refractivity contribution < 1.29 is 14.3 Å². The molecule has 1 aliphatic heterocycles. The summed E-state index contributed by atoms with van der Waals surface area (Å²) in [6.45, 7) is 3.07. The summed E-state index contributed by atoms with van der Waals surface area (Å²) in [7, 11) is 1.31. The predicted octanol–water partition coefficient (Wildman–Crippen LogP) is 4.01. The van der Waals surface area contributed by atoms with E-state index in [1.807, 2.05) is 17.5 Å². The molecule has 1 aromatic carbocycles. The molecule has 1 amide bonds. The van der Waals surface area contributed by atoms with E-state index in [-0.39, 0.29) is 11.8 Å². The number of amides is 1. The van der Waals surface area contributed by atoms with Gasteiger partial charge in [-0.3, -0.25) is 4.79 Å². The first-order chi connectivity index (χ1) is 13.4. The maximum Gasteiger partial charge on any atom is 0.328 e. The Kier molecular flexibility index (Phi) is 6.80. The highest BCUT2D eigenvalue weighted by molar-refractivity contribution is 7.14. The van der Waals surface area contributed by atoms with Crippen molar-refractivity contribution in [3.05, 3.63) is 33.6 Å². The lowest BCUT2D eigenvalue weighted by Gasteiger charge is -2.31. The minimum absolute atomic E-state index is 0.108. The maximum absolute atomic E-state index is 12.4. The summed E-state index contributed by atoms with van der Waals surface area (Å²) < 4.78 is 4.64. The number of rotatable bonds is 5. The van der Waals surface area contributed by atoms with E-state index in [9.17, 15) is 9.59 Å². The summed E-state index contributed by atoms with van der Waals surface area (Å²) in [4.78, 5) is 30.7. The molecule has 3 rings (SSSR count). The number of hydrogen-bond donors (Lipinski definition) is 1. The Morgan fingerprint density at radius 3 is 2.71 bits per heavy atom. The quantitative estimate of drug-likeness (QED) is 0.709. The zero-order valence-corrected chi connectivity index (χ0v) is 17.9. The van der Waals surface area contributed by atoms with E-state index in [1.54, 1.807) is 24.3 Å². The molecule has 9 heteroatoms. The van der Waals surface area contributed by atoms with Crippen LogP contribution in [0.15, 0.2) is 23.6 Å². The Labute approximate surface area is 177 Å². The van der Waals surface area contributed by atoms with Gasteiger partial charge in [-0.05, 0) is 25.8 Å². The molecule has 1 fully saturated rings. The first-order valence-corrected chi connectivity index (χ1v) is 10.6. The number of ether oxygens (including phenoxy) is 1. The van der Waals surface area contributed by atoms with Gasteiger partial charge in [-0.2, -0.15) is 0 Å². The van der Waals surface area contributed by atoms with Gasteiger partial charge in [0, 0.05) is 30.0 Å². The van der Waals surface area contributed by atoms with Crippen molar-refractivity contribution in [3.63, 3.8) is 0 Å². The number of thiazole rings is 1. The smallest absolute Gasteiger partial charge is 0.328 e. The lowest BCUT2D eigenvalue weighted by molar-refractivity contribution is -0.145. The van der Waals surface area contributed by atoms with Gasteiger partial charge in [-0.15, -0.1) is 11.3 Å². The standard InChI is InChI=1S/C19H21Cl2N3O3S/c1-11(18(26)27-2)22-17(25)12-6-8-24(9-7-12)19-23-15(10-28-19)13-4-3-5-14(20)16(13)21/h3-5,10-12H,6-9H2,1-2H3,(H,22,25). The highest BCUT2D eigenvalue weighted by atomic mass is 35.5. The number of nitrogens with one attached hydrogen (secondary N) is 1. The average molecular weight is 442 g/mol. The number of nitrogens with zero attached hydrogens (tertiary/aromatic N) is 2. The molecule has 150 valence electrons. The Morgan fingerprint density at radius 1 is 1.32 bits per heavy atom. The van der Waals surface area contributed by atoms with Crippen LogP contribution >= 0.6 is 34.5 Å². The first kappa shape index (κ1) is 20.9. The molecule has 6 nitrogen and oxygen atoms in total. The van der Waals surface area contributed by atoms with E-state index in [0.717, 1.165) is 29.5 Å². The third-order valence-corrected chi connectivity index (χ3v) is 6.49. The fourth-order valence-corrected chi connectivity index (χ4v) is 4.41. The highest BCUT2D eigenvalue weighted by Gasteiger charge is 2.28. The number of carbonyl (C=O) groups is 2. The second-order valence-corrected chi connectivity index (χ2v) is 8.25. The Balaban J connectivity index is 1.60. The maximum atomic E-state index is 12.4. The highest BCUT2D eigenvalue weighted by Crippen LogP contribution is 2.36. The van der Waals surface area contributed by atoms with Crippen LogP contribution in [0.1, 0.15) is 19.8 Å². The van der Waals surface area contributed by atoms with Gasteiger partial charge in [0.1, 0.15) is 6.04 Å². The number of halogens is 2. The molecular weight excluding hydrogens is 421 g/mol. The van der Waals surface area contributed by atoms with Gasteiger partial charge in [0.05, 0.1) is 22.8 Å². The summed E-state index contributed by atoms with van der Waals surface area (Å²) in [5.74, 6) is -0.672. The van der Waals surface area contributed by atoms with Crippen molar-refractivity contribution in [3.8, 4) is 11.3 Å². The van der Waals surface area contributed by atoms with Gasteiger partial charge in [-0.1, -0.05) is 35.3 Å². The van der Waals surface area contributed by atoms with E-state index in [4.69, 9.17) is 28.2 Å². The Morgan fingerprint density at radius 2 is 2.04 bits per heavy atom. The Hall–Kier alpha value is -1.83. The number of piperidine rings is 1. The molecule has 28 heavy (non-hydrogen) atoms. The predicted molar refractivity (Wildman–Crippen MR) is 112 cm³/mol. The van der Waals surface area contributed by atoms with Gasteiger partial charge in [-0.25, -0.2) is 9.78 Å². The average Bonchev–Trinajstić information content (AvgIpc) is 3.19. The molecule has 1 N–H and O–H groups in total. The van der Waals surface area contributed by atoms with Crippen LogP contribution in [0, 0.1) is 5.92 Å². The SMILES string of the molecule is COC(=O)C(C)NC(=O)C1CCN(c2nc(-c3cccc(Cl)c3Cl)cs2)CC1. The largest absolute Gasteiger partial charge is 0.467 e. The van der Waals surface area contributed by atoms with Gasteiger partial charge >= 0.3 is 5.97 Å². The van der Waals surface area contributed by atoms with Crippen LogP contribution in [-0.4, -0.2) is 43.1 Å². The molecule has 0 radical (unpaired) electrons. The molecule has 1 aromatic heterocycles. The summed E-state index contributed by atoms with van der Waals surface area (Å²) in [6, 6.07) is 4.85. The fourth-order valence-electron chi connectivity index (χ4n) is 3.13. The second kappa shape index (κ2) is 9.11. The molecule has 1 aliphatic rings. The molecule has 0 spiro atoms. The lowest BCUT2D eigenvalue weighted by Crippen LogP contribution is -2.45. The van der Waals surface area contributed by atoms with Gasteiger partial charge in [0.2, 0.25) is 5.91 Å². The summed E-state index contributed by atoms with van der Waals surface area (Å²) in [5.41, 5.74) is 1.60. The number of anilines is 1. The first-order valence-electron chi connectivity index (χ1n) is 8.93. The zero-order chi connectivity index (χ0) is 20.3. The van der Waals surface area contributed by atoms with Gasteiger partial charge in [0.15, 0.2) is 5.13 Å². The van der Waals surface area contributed by atoms with Crippen LogP contribution in [-0.2, 0) is 14.3 Å². The van der Waals surface area contributed by atoms with E-state index < -0.39 is 12.0 Å². The summed E-state index contributed by atoms with van der Waals surface area (Å²) in [6.07, 6.45) is 1.40. The van der Waals surface area contributed by atoms with E-state index in [2.05, 4.69) is 15.0 Å². The fraction of sp³-hybridized carbons (Fsp3) is 0.421. The molecule has 1 saturated heterocycles. The minimum Gasteiger partial charge on any atom is -0.467 e. The van der Waals surface area contributed by atoms with Crippen molar-refractivity contribution in [2.75, 3.05) is 25.1 Å². The van der Waals surface area contributed by atoms with Crippen molar-refractivity contribution in [1.82, 2.24) is 10.3 Å². The van der Waals surface area contributed by atoms with Gasteiger partial charge in [0.25, 0.3) is 0 Å². The van der Waals surface area contributed by atoms with Crippen LogP contribution < -0.4 is 10.2 Å². The molecule has 1 atom stereocenters. The van der Waals surface area contributed by atoms with Crippen LogP contribution in [0.5, 0.6) is 0 Å². The number of methoxy groups -OCH3 is 1. The molecule has 2 heterocycles. The second-order valence-electron chi connectivity index (χ2n) is 6.63. The van der Waals surface area contributed by atoms with E-state index in [1.165, 1.54) is 7.11 Å². The molecule has 0 aliphatic carbocycles. The number of aromatic nitrogens is 1. The molecule has 0 saturated carbocycles. The molecule has 0 bridgehead atoms. The lowest BCUT2D eigenvalue weighted by atomic mass is 9.96. The topological polar surface area (TPSA) is 71.5 Å². The van der Waals surface area contributed by atoms with Crippen LogP contribution in [0.2, 0.25) is 10.0 Å². The van der Waals surface area contributed by atoms with Crippen LogP contribution in [0.25, 0.3) is 11.3 Å². The molecule has 1 unspecified atom stereocenters. The zero-order valence-electron chi connectivity index (χ0n) is 15.6. The van der Waals surface area contributed by atoms with Crippen molar-refractivity contribution in [1.29, 1.82) is 0 Å². The van der Waals surface area contributed by atoms with Crippen LogP contribution in [0.4, 0.5) is 5.13 Å². The third kappa shape index (κ3) is 4.59. The van der Waals surface area contributed by atoms with E-state index in [0.29, 0.717) is 22.9 Å². The van der Waals surface area contributed by atoms with Crippen LogP contribution in [0.3, 0.4) is 0 Å². The molecular formula is C19H21Cl2N3O3S. The molecule has 2 aromatic rings. The minimum atomic E-state index is -0.639. The van der Waals surface area contributed by atoms with Gasteiger partial charge < -0.3 is 15.0 Å². The third-order valence-electron chi connectivity index (χ3n) is 4.77. The number of carbonyl (C=O) groups excluding carboxylic acids is 2. The monoisotopic (exact) mass is 441 g/mol. The number of esters is 1. The van der Waals surface area contributed by atoms with E-state index >= 15 is 0 Å². The number of hydrogen-bond acceptors (Lipinski definition) is 6. The summed E-state index contributed by atoms with van der Waals surface area (Å²) >= 11 is 13.9. The van der Waals surface area contributed by atoms with Crippen molar-refractivity contribution in [2.45, 2.75) is 25.8 Å². The number of benzene rings is 1. The summed E-state index contributed by atoms with van der Waals surface area (Å²) in [5, 5.41) is 6.58. The van der Waals surface area contributed by atoms with Crippen molar-refractivity contribution in [2.24, 2.45) is 5.92 Å².